The highest BCUT2D eigenvalue weighted by Crippen LogP contribution is 2.17. The van der Waals surface area contributed by atoms with Crippen LogP contribution in [0.5, 0.6) is 5.75 Å². The normalized spacial score (nSPS) is 13.6. The van der Waals surface area contributed by atoms with Gasteiger partial charge in [0.1, 0.15) is 6.10 Å². The Morgan fingerprint density at radius 3 is 2.54 bits per heavy atom. The van der Waals surface area contributed by atoms with E-state index in [-0.39, 0.29) is 47.7 Å². The number of nitrogens with one attached hydrogen (secondary N) is 2. The minimum atomic E-state index is -0.364. The van der Waals surface area contributed by atoms with Crippen LogP contribution in [0.2, 0.25) is 0 Å². The maximum absolute atomic E-state index is 13.7. The number of likely N-dealkylation sites (N-methyl/N-ethyl adjacent to an activating group) is 1. The van der Waals surface area contributed by atoms with Crippen molar-refractivity contribution in [2.45, 2.75) is 19.1 Å². The van der Waals surface area contributed by atoms with Gasteiger partial charge >= 0.3 is 0 Å². The fourth-order valence-corrected chi connectivity index (χ4v) is 2.66. The Balaban J connectivity index is 0.00000392. The zero-order chi connectivity index (χ0) is 19.8. The van der Waals surface area contributed by atoms with E-state index < -0.39 is 0 Å². The molecule has 1 aromatic heterocycles. The van der Waals surface area contributed by atoms with E-state index in [0.29, 0.717) is 19.0 Å². The standard InChI is InChI=1S/C19H29FN6O.HI/c1-14(27-18-9-7-6-8-16(18)20)10-22-19(21-2)23-12-17(25(3)4)15-11-24-26(5)13-15;/h6-9,11,13-14,17H,10,12H2,1-5H3,(H2,21,22,23);1H. The Morgan fingerprint density at radius 2 is 1.96 bits per heavy atom. The summed E-state index contributed by atoms with van der Waals surface area (Å²) >= 11 is 0. The number of aryl methyl sites for hydroxylation is 1. The molecule has 0 aliphatic carbocycles. The summed E-state index contributed by atoms with van der Waals surface area (Å²) in [7, 11) is 7.67. The van der Waals surface area contributed by atoms with Gasteiger partial charge in [-0.3, -0.25) is 9.67 Å². The second-order valence-electron chi connectivity index (χ2n) is 6.62. The van der Waals surface area contributed by atoms with Gasteiger partial charge in [0.2, 0.25) is 0 Å². The predicted octanol–water partition coefficient (Wildman–Crippen LogP) is 2.41. The summed E-state index contributed by atoms with van der Waals surface area (Å²) < 4.78 is 21.1. The van der Waals surface area contributed by atoms with Crippen molar-refractivity contribution < 1.29 is 9.13 Å². The molecule has 0 aliphatic heterocycles. The Morgan fingerprint density at radius 1 is 1.29 bits per heavy atom. The first-order chi connectivity index (χ1) is 12.9. The van der Waals surface area contributed by atoms with Crippen molar-refractivity contribution in [3.63, 3.8) is 0 Å². The number of aliphatic imine (C=N–C) groups is 1. The summed E-state index contributed by atoms with van der Waals surface area (Å²) in [5.41, 5.74) is 1.13. The van der Waals surface area contributed by atoms with E-state index in [9.17, 15) is 4.39 Å². The summed E-state index contributed by atoms with van der Waals surface area (Å²) in [5.74, 6) is 0.547. The Hall–Kier alpha value is -1.88. The topological polar surface area (TPSA) is 66.7 Å². The molecule has 28 heavy (non-hydrogen) atoms. The molecule has 2 rings (SSSR count). The van der Waals surface area contributed by atoms with Gasteiger partial charge in [-0.15, -0.1) is 24.0 Å². The molecular weight excluding hydrogens is 474 g/mol. The van der Waals surface area contributed by atoms with Gasteiger partial charge in [-0.05, 0) is 33.2 Å². The number of aromatic nitrogens is 2. The summed E-state index contributed by atoms with van der Waals surface area (Å²) in [6.45, 7) is 3.04. The number of guanidine groups is 1. The van der Waals surface area contributed by atoms with Crippen molar-refractivity contribution in [1.82, 2.24) is 25.3 Å². The van der Waals surface area contributed by atoms with Gasteiger partial charge in [-0.25, -0.2) is 4.39 Å². The fraction of sp³-hybridized carbons (Fsp3) is 0.474. The minimum Gasteiger partial charge on any atom is -0.486 e. The highest BCUT2D eigenvalue weighted by molar-refractivity contribution is 14.0. The van der Waals surface area contributed by atoms with Crippen molar-refractivity contribution in [2.24, 2.45) is 12.0 Å². The van der Waals surface area contributed by atoms with Crippen LogP contribution in [0.1, 0.15) is 18.5 Å². The molecule has 2 aromatic rings. The van der Waals surface area contributed by atoms with E-state index in [1.54, 1.807) is 29.9 Å². The summed E-state index contributed by atoms with van der Waals surface area (Å²) in [6, 6.07) is 6.55. The van der Waals surface area contributed by atoms with Crippen LogP contribution in [0.4, 0.5) is 4.39 Å². The zero-order valence-electron chi connectivity index (χ0n) is 17.0. The molecule has 0 amide bonds. The number of halogens is 2. The predicted molar refractivity (Wildman–Crippen MR) is 121 cm³/mol. The number of ether oxygens (including phenoxy) is 1. The summed E-state index contributed by atoms with van der Waals surface area (Å²) in [5, 5.41) is 10.8. The van der Waals surface area contributed by atoms with Crippen LogP contribution in [0.15, 0.2) is 41.7 Å². The molecule has 0 radical (unpaired) electrons. The number of rotatable bonds is 8. The molecule has 2 N–H and O–H groups in total. The van der Waals surface area contributed by atoms with Gasteiger partial charge in [-0.1, -0.05) is 12.1 Å². The monoisotopic (exact) mass is 504 g/mol. The van der Waals surface area contributed by atoms with Crippen LogP contribution >= 0.6 is 24.0 Å². The van der Waals surface area contributed by atoms with Crippen molar-refractivity contribution >= 4 is 29.9 Å². The van der Waals surface area contributed by atoms with E-state index in [1.165, 1.54) is 6.07 Å². The van der Waals surface area contributed by atoms with Gasteiger partial charge in [0.05, 0.1) is 18.8 Å². The maximum atomic E-state index is 13.7. The third-order valence-corrected chi connectivity index (χ3v) is 4.14. The van der Waals surface area contributed by atoms with Crippen LogP contribution in [0.25, 0.3) is 0 Å². The minimum absolute atomic E-state index is 0. The second kappa shape index (κ2) is 11.8. The molecule has 0 spiro atoms. The molecule has 2 atom stereocenters. The molecule has 0 saturated carbocycles. The second-order valence-corrected chi connectivity index (χ2v) is 6.62. The molecule has 0 aliphatic rings. The van der Waals surface area contributed by atoms with Gasteiger partial charge in [0.25, 0.3) is 0 Å². The van der Waals surface area contributed by atoms with Gasteiger partial charge in [0, 0.05) is 32.4 Å². The fourth-order valence-electron chi connectivity index (χ4n) is 2.66. The SMILES string of the molecule is CN=C(NCC(C)Oc1ccccc1F)NCC(c1cnn(C)c1)N(C)C.I. The smallest absolute Gasteiger partial charge is 0.191 e. The lowest BCUT2D eigenvalue weighted by Gasteiger charge is -2.25. The summed E-state index contributed by atoms with van der Waals surface area (Å²) in [4.78, 5) is 6.37. The number of benzene rings is 1. The number of hydrogen-bond donors (Lipinski definition) is 2. The molecular formula is C19H30FIN6O. The third kappa shape index (κ3) is 7.27. The van der Waals surface area contributed by atoms with Gasteiger partial charge in [-0.2, -0.15) is 5.10 Å². The molecule has 7 nitrogen and oxygen atoms in total. The maximum Gasteiger partial charge on any atom is 0.191 e. The molecule has 1 aromatic carbocycles. The van der Waals surface area contributed by atoms with E-state index in [1.807, 2.05) is 40.5 Å². The molecule has 1 heterocycles. The highest BCUT2D eigenvalue weighted by Gasteiger charge is 2.16. The average Bonchev–Trinajstić information content (AvgIpc) is 3.05. The molecule has 0 bridgehead atoms. The first-order valence-corrected chi connectivity index (χ1v) is 8.91. The van der Waals surface area contributed by atoms with Crippen molar-refractivity contribution in [1.29, 1.82) is 0 Å². The van der Waals surface area contributed by atoms with E-state index in [4.69, 9.17) is 4.74 Å². The molecule has 156 valence electrons. The number of hydrogen-bond acceptors (Lipinski definition) is 4. The average molecular weight is 504 g/mol. The molecule has 0 saturated heterocycles. The van der Waals surface area contributed by atoms with Crippen molar-refractivity contribution in [2.75, 3.05) is 34.2 Å². The highest BCUT2D eigenvalue weighted by atomic mass is 127. The molecule has 2 unspecified atom stereocenters. The van der Waals surface area contributed by atoms with Crippen molar-refractivity contribution in [3.05, 3.63) is 48.0 Å². The van der Waals surface area contributed by atoms with Crippen LogP contribution in [-0.2, 0) is 7.05 Å². The van der Waals surface area contributed by atoms with Crippen LogP contribution in [0, 0.1) is 5.82 Å². The Labute approximate surface area is 183 Å². The van der Waals surface area contributed by atoms with Crippen molar-refractivity contribution in [3.8, 4) is 5.75 Å². The van der Waals surface area contributed by atoms with Crippen LogP contribution in [0.3, 0.4) is 0 Å². The zero-order valence-corrected chi connectivity index (χ0v) is 19.3. The summed E-state index contributed by atoms with van der Waals surface area (Å²) in [6.07, 6.45) is 3.66. The molecule has 9 heteroatoms. The van der Waals surface area contributed by atoms with E-state index in [0.717, 1.165) is 5.56 Å². The van der Waals surface area contributed by atoms with Crippen LogP contribution < -0.4 is 15.4 Å². The largest absolute Gasteiger partial charge is 0.486 e. The number of nitrogens with zero attached hydrogens (tertiary/aromatic N) is 4. The van der Waals surface area contributed by atoms with E-state index >= 15 is 0 Å². The Bertz CT molecular complexity index is 752. The quantitative estimate of drug-likeness (QED) is 0.329. The van der Waals surface area contributed by atoms with Crippen LogP contribution in [-0.4, -0.2) is 61.0 Å². The first-order valence-electron chi connectivity index (χ1n) is 8.91. The van der Waals surface area contributed by atoms with Gasteiger partial charge in [0.15, 0.2) is 17.5 Å². The van der Waals surface area contributed by atoms with E-state index in [2.05, 4.69) is 25.6 Å². The Kier molecular flexibility index (Phi) is 10.2. The van der Waals surface area contributed by atoms with Gasteiger partial charge < -0.3 is 20.3 Å². The third-order valence-electron chi connectivity index (χ3n) is 4.14. The first kappa shape index (κ1) is 24.2. The lowest BCUT2D eigenvalue weighted by molar-refractivity contribution is 0.213. The number of para-hydroxylation sites is 1. The lowest BCUT2D eigenvalue weighted by Crippen LogP contribution is -2.44. The lowest BCUT2D eigenvalue weighted by atomic mass is 10.1. The molecule has 0 fully saturated rings.